The minimum absolute atomic E-state index is 0.00949. The summed E-state index contributed by atoms with van der Waals surface area (Å²) in [5, 5.41) is 0. The largest absolute Gasteiger partial charge is 0.328 e. The fourth-order valence-electron chi connectivity index (χ4n) is 7.69. The molecule has 1 saturated heterocycles. The van der Waals surface area contributed by atoms with Gasteiger partial charge in [0.05, 0.1) is 0 Å². The second kappa shape index (κ2) is 6.69. The second-order valence-electron chi connectivity index (χ2n) is 10.5. The molecule has 0 bridgehead atoms. The van der Waals surface area contributed by atoms with Crippen molar-refractivity contribution >= 4 is 17.3 Å². The number of ether oxygens (including phenoxy) is 3. The predicted octanol–water partition coefficient (Wildman–Crippen LogP) is 3.54. The highest BCUT2D eigenvalue weighted by Gasteiger charge is 2.71. The summed E-state index contributed by atoms with van der Waals surface area (Å²) in [6, 6.07) is 0. The molecule has 0 radical (unpaired) electrons. The molecule has 0 aromatic heterocycles. The van der Waals surface area contributed by atoms with E-state index < -0.39 is 22.4 Å². The second-order valence-corrected chi connectivity index (χ2v) is 10.5. The van der Waals surface area contributed by atoms with E-state index in [-0.39, 0.29) is 41.7 Å². The van der Waals surface area contributed by atoms with Crippen LogP contribution in [0.1, 0.15) is 59.8 Å². The first kappa shape index (κ1) is 21.2. The molecular formula is C25H32O6. The Labute approximate surface area is 183 Å². The predicted molar refractivity (Wildman–Crippen MR) is 112 cm³/mol. The Morgan fingerprint density at radius 1 is 1.16 bits per heavy atom. The SMILES string of the molecule is CCO[C@]1(C)OCC(=O)[C@]2(CC[C@@H]3[C@@H]4CCC5=CC(=O)C=C[C@]5(C)[C@H]4C(=O)C[C@]32C)O1. The Balaban J connectivity index is 1.54. The van der Waals surface area contributed by atoms with E-state index in [0.717, 1.165) is 24.8 Å². The highest BCUT2D eigenvalue weighted by molar-refractivity contribution is 6.02. The molecular weight excluding hydrogens is 396 g/mol. The van der Waals surface area contributed by atoms with Crippen LogP contribution in [-0.2, 0) is 28.6 Å². The molecule has 5 aliphatic rings. The van der Waals surface area contributed by atoms with Crippen molar-refractivity contribution in [2.24, 2.45) is 28.6 Å². The third-order valence-corrected chi connectivity index (χ3v) is 9.06. The lowest BCUT2D eigenvalue weighted by Crippen LogP contribution is -2.66. The van der Waals surface area contributed by atoms with E-state index in [9.17, 15) is 14.4 Å². The third-order valence-electron chi connectivity index (χ3n) is 9.06. The van der Waals surface area contributed by atoms with Crippen LogP contribution in [0.5, 0.6) is 0 Å². The van der Waals surface area contributed by atoms with Crippen molar-refractivity contribution in [1.29, 1.82) is 0 Å². The Hall–Kier alpha value is -1.63. The van der Waals surface area contributed by atoms with Gasteiger partial charge in [-0.05, 0) is 56.6 Å². The van der Waals surface area contributed by atoms with Crippen molar-refractivity contribution in [3.63, 3.8) is 0 Å². The zero-order valence-corrected chi connectivity index (χ0v) is 18.9. The fraction of sp³-hybridized carbons (Fsp3) is 0.720. The highest BCUT2D eigenvalue weighted by atomic mass is 16.9. The van der Waals surface area contributed by atoms with Crippen LogP contribution in [0.25, 0.3) is 0 Å². The standard InChI is InChI=1S/C25H32O6/c1-5-29-24(4)30-14-20(28)25(31-24)11-9-18-17-7-6-15-12-16(26)8-10-22(15,2)21(17)19(27)13-23(18,25)3/h8,10,12,17-18,21H,5-7,9,11,13-14H2,1-4H3/t17-,18+,21+,22-,23+,24+,25-/m0/s1. The van der Waals surface area contributed by atoms with Crippen molar-refractivity contribution in [1.82, 2.24) is 0 Å². The van der Waals surface area contributed by atoms with Gasteiger partial charge >= 0.3 is 0 Å². The average molecular weight is 429 g/mol. The Kier molecular flexibility index (Phi) is 4.58. The van der Waals surface area contributed by atoms with E-state index in [1.165, 1.54) is 0 Å². The minimum atomic E-state index is -1.28. The van der Waals surface area contributed by atoms with Crippen molar-refractivity contribution in [2.45, 2.75) is 71.4 Å². The summed E-state index contributed by atoms with van der Waals surface area (Å²) in [5.74, 6) is -0.949. The average Bonchev–Trinajstić information content (AvgIpc) is 2.98. The lowest BCUT2D eigenvalue weighted by molar-refractivity contribution is -0.419. The molecule has 0 aromatic carbocycles. The number of ketones is 3. The van der Waals surface area contributed by atoms with Gasteiger partial charge in [0, 0.05) is 36.7 Å². The monoisotopic (exact) mass is 428 g/mol. The van der Waals surface area contributed by atoms with Gasteiger partial charge in [-0.15, -0.1) is 0 Å². The van der Waals surface area contributed by atoms with Gasteiger partial charge in [0.25, 0.3) is 5.97 Å². The number of carbonyl (C=O) groups excluding carboxylic acids is 3. The van der Waals surface area contributed by atoms with Gasteiger partial charge in [0.1, 0.15) is 18.0 Å². The van der Waals surface area contributed by atoms with E-state index in [4.69, 9.17) is 14.2 Å². The molecule has 168 valence electrons. The molecule has 1 heterocycles. The normalized spacial score (nSPS) is 49.0. The number of hydrogen-bond donors (Lipinski definition) is 0. The van der Waals surface area contributed by atoms with Gasteiger partial charge in [-0.1, -0.05) is 25.5 Å². The van der Waals surface area contributed by atoms with Crippen LogP contribution >= 0.6 is 0 Å². The van der Waals surface area contributed by atoms with Crippen LogP contribution in [0.4, 0.5) is 0 Å². The van der Waals surface area contributed by atoms with Gasteiger partial charge in [0.2, 0.25) is 0 Å². The van der Waals surface area contributed by atoms with Gasteiger partial charge in [-0.3, -0.25) is 14.4 Å². The van der Waals surface area contributed by atoms with Crippen LogP contribution in [-0.4, -0.2) is 42.1 Å². The van der Waals surface area contributed by atoms with Crippen LogP contribution in [0.2, 0.25) is 0 Å². The van der Waals surface area contributed by atoms with Crippen LogP contribution < -0.4 is 0 Å². The molecule has 0 aromatic rings. The molecule has 0 amide bonds. The molecule has 0 unspecified atom stereocenters. The molecule has 7 atom stereocenters. The first-order valence-corrected chi connectivity index (χ1v) is 11.6. The van der Waals surface area contributed by atoms with E-state index >= 15 is 0 Å². The maximum absolute atomic E-state index is 13.8. The maximum atomic E-state index is 13.8. The Bertz CT molecular complexity index is 919. The number of Topliss-reactive ketones (excluding diaryl/α,β-unsaturated/α-hetero) is 2. The molecule has 31 heavy (non-hydrogen) atoms. The van der Waals surface area contributed by atoms with Gasteiger partial charge < -0.3 is 14.2 Å². The third kappa shape index (κ3) is 2.71. The summed E-state index contributed by atoms with van der Waals surface area (Å²) >= 11 is 0. The van der Waals surface area contributed by atoms with Gasteiger partial charge in [0.15, 0.2) is 11.6 Å². The van der Waals surface area contributed by atoms with E-state index in [2.05, 4.69) is 13.8 Å². The number of carbonyl (C=O) groups is 3. The molecule has 0 N–H and O–H groups in total. The smallest absolute Gasteiger partial charge is 0.281 e. The summed E-state index contributed by atoms with van der Waals surface area (Å²) < 4.78 is 17.8. The molecule has 4 aliphatic carbocycles. The quantitative estimate of drug-likeness (QED) is 0.669. The minimum Gasteiger partial charge on any atom is -0.328 e. The van der Waals surface area contributed by atoms with Crippen molar-refractivity contribution in [2.75, 3.05) is 13.2 Å². The van der Waals surface area contributed by atoms with Crippen LogP contribution in [0.15, 0.2) is 23.8 Å². The Morgan fingerprint density at radius 2 is 1.94 bits per heavy atom. The first-order chi connectivity index (χ1) is 14.6. The number of hydrogen-bond acceptors (Lipinski definition) is 6. The zero-order valence-electron chi connectivity index (χ0n) is 18.9. The van der Waals surface area contributed by atoms with Gasteiger partial charge in [-0.25, -0.2) is 0 Å². The topological polar surface area (TPSA) is 78.9 Å². The molecule has 1 aliphatic heterocycles. The molecule has 6 heteroatoms. The fourth-order valence-corrected chi connectivity index (χ4v) is 7.69. The number of allylic oxidation sites excluding steroid dienone is 4. The maximum Gasteiger partial charge on any atom is 0.281 e. The van der Waals surface area contributed by atoms with Crippen molar-refractivity contribution in [3.8, 4) is 0 Å². The lowest BCUT2D eigenvalue weighted by Gasteiger charge is -2.58. The van der Waals surface area contributed by atoms with Crippen molar-refractivity contribution in [3.05, 3.63) is 23.8 Å². The lowest BCUT2D eigenvalue weighted by atomic mass is 9.46. The molecule has 3 saturated carbocycles. The van der Waals surface area contributed by atoms with Crippen LogP contribution in [0, 0.1) is 28.6 Å². The van der Waals surface area contributed by atoms with E-state index in [0.29, 0.717) is 19.4 Å². The van der Waals surface area contributed by atoms with E-state index in [1.807, 2.05) is 13.0 Å². The summed E-state index contributed by atoms with van der Waals surface area (Å²) in [7, 11) is 0. The summed E-state index contributed by atoms with van der Waals surface area (Å²) in [4.78, 5) is 39.0. The first-order valence-electron chi connectivity index (χ1n) is 11.6. The van der Waals surface area contributed by atoms with Crippen molar-refractivity contribution < 1.29 is 28.6 Å². The van der Waals surface area contributed by atoms with Crippen LogP contribution in [0.3, 0.4) is 0 Å². The summed E-state index contributed by atoms with van der Waals surface area (Å²) in [6.45, 7) is 8.11. The van der Waals surface area contributed by atoms with Gasteiger partial charge in [-0.2, -0.15) is 0 Å². The van der Waals surface area contributed by atoms with E-state index in [1.54, 1.807) is 19.1 Å². The molecule has 5 rings (SSSR count). The summed E-state index contributed by atoms with van der Waals surface area (Å²) in [6.07, 6.45) is 8.71. The molecule has 1 spiro atoms. The zero-order chi connectivity index (χ0) is 22.2. The number of rotatable bonds is 2. The molecule has 4 fully saturated rings. The number of fused-ring (bicyclic) bond motifs is 6. The Morgan fingerprint density at radius 3 is 2.68 bits per heavy atom. The summed E-state index contributed by atoms with van der Waals surface area (Å²) in [5.41, 5.74) is -0.981. The highest BCUT2D eigenvalue weighted by Crippen LogP contribution is 2.67. The molecule has 6 nitrogen and oxygen atoms in total.